The molecule has 0 saturated heterocycles. The van der Waals surface area contributed by atoms with Crippen LogP contribution in [0.5, 0.6) is 0 Å². The van der Waals surface area contributed by atoms with Crippen LogP contribution in [0.4, 0.5) is 19.0 Å². The SMILES string of the molecule is CC(Nc1c(C2CCCCC2)c(Cl)nc2ncnn12)C(F)(F)F. The summed E-state index contributed by atoms with van der Waals surface area (Å²) in [6, 6.07) is -1.73. The average Bonchev–Trinajstić information content (AvgIpc) is 2.95. The second-order valence-electron chi connectivity index (χ2n) is 5.88. The molecule has 23 heavy (non-hydrogen) atoms. The van der Waals surface area contributed by atoms with Crippen molar-refractivity contribution < 1.29 is 13.2 Å². The molecular formula is C14H17ClF3N5. The van der Waals surface area contributed by atoms with Gasteiger partial charge in [0, 0.05) is 5.56 Å². The maximum atomic E-state index is 13.0. The lowest BCUT2D eigenvalue weighted by Crippen LogP contribution is -2.34. The summed E-state index contributed by atoms with van der Waals surface area (Å²) in [5.74, 6) is 0.515. The Balaban J connectivity index is 2.09. The molecule has 0 aliphatic heterocycles. The number of hydrogen-bond acceptors (Lipinski definition) is 4. The van der Waals surface area contributed by atoms with E-state index >= 15 is 0 Å². The Hall–Kier alpha value is -1.57. The number of fused-ring (bicyclic) bond motifs is 1. The molecule has 0 aromatic carbocycles. The maximum absolute atomic E-state index is 13.0. The van der Waals surface area contributed by atoms with Crippen LogP contribution in [0.25, 0.3) is 5.78 Å². The molecule has 0 radical (unpaired) electrons. The summed E-state index contributed by atoms with van der Waals surface area (Å²) in [6.07, 6.45) is 1.86. The van der Waals surface area contributed by atoms with Crippen LogP contribution >= 0.6 is 11.6 Å². The molecule has 2 aromatic rings. The standard InChI is InChI=1S/C14H17ClF3N5/c1-8(14(16,17)18)21-12-10(9-5-3-2-4-6-9)11(15)22-13-19-7-20-23(12)13/h7-9,21H,2-6H2,1H3. The summed E-state index contributed by atoms with van der Waals surface area (Å²) < 4.78 is 40.2. The number of nitrogens with one attached hydrogen (secondary N) is 1. The zero-order chi connectivity index (χ0) is 16.6. The summed E-state index contributed by atoms with van der Waals surface area (Å²) in [5.41, 5.74) is 0.612. The van der Waals surface area contributed by atoms with E-state index < -0.39 is 12.2 Å². The Morgan fingerprint density at radius 3 is 2.65 bits per heavy atom. The molecule has 2 aromatic heterocycles. The minimum atomic E-state index is -4.37. The normalized spacial score (nSPS) is 18.3. The summed E-state index contributed by atoms with van der Waals surface area (Å²) in [4.78, 5) is 8.11. The summed E-state index contributed by atoms with van der Waals surface area (Å²) in [7, 11) is 0. The van der Waals surface area contributed by atoms with E-state index in [-0.39, 0.29) is 22.7 Å². The van der Waals surface area contributed by atoms with E-state index in [9.17, 15) is 13.2 Å². The highest BCUT2D eigenvalue weighted by Crippen LogP contribution is 2.40. The van der Waals surface area contributed by atoms with E-state index in [4.69, 9.17) is 11.6 Å². The number of halogens is 4. The first-order chi connectivity index (χ1) is 10.9. The van der Waals surface area contributed by atoms with Crippen molar-refractivity contribution >= 4 is 23.2 Å². The van der Waals surface area contributed by atoms with Crippen LogP contribution in [0, 0.1) is 0 Å². The molecular weight excluding hydrogens is 331 g/mol. The van der Waals surface area contributed by atoms with Gasteiger partial charge in [0.1, 0.15) is 23.3 Å². The van der Waals surface area contributed by atoms with Crippen molar-refractivity contribution in [2.45, 2.75) is 57.2 Å². The Morgan fingerprint density at radius 1 is 1.30 bits per heavy atom. The zero-order valence-electron chi connectivity index (χ0n) is 12.6. The van der Waals surface area contributed by atoms with Gasteiger partial charge in [-0.25, -0.2) is 0 Å². The van der Waals surface area contributed by atoms with E-state index in [0.29, 0.717) is 5.56 Å². The highest BCUT2D eigenvalue weighted by atomic mass is 35.5. The molecule has 1 fully saturated rings. The van der Waals surface area contributed by atoms with Crippen LogP contribution in [0.15, 0.2) is 6.33 Å². The van der Waals surface area contributed by atoms with Gasteiger partial charge in [-0.3, -0.25) is 0 Å². The molecule has 1 unspecified atom stereocenters. The third-order valence-corrected chi connectivity index (χ3v) is 4.56. The van der Waals surface area contributed by atoms with E-state index in [2.05, 4.69) is 20.4 Å². The number of aromatic nitrogens is 4. The quantitative estimate of drug-likeness (QED) is 0.846. The van der Waals surface area contributed by atoms with Crippen molar-refractivity contribution in [2.75, 3.05) is 5.32 Å². The molecule has 126 valence electrons. The molecule has 5 nitrogen and oxygen atoms in total. The number of anilines is 1. The van der Waals surface area contributed by atoms with Crippen molar-refractivity contribution in [1.82, 2.24) is 19.6 Å². The Labute approximate surface area is 136 Å². The van der Waals surface area contributed by atoms with Crippen LogP contribution in [0.2, 0.25) is 5.15 Å². The second-order valence-corrected chi connectivity index (χ2v) is 6.24. The first-order valence-corrected chi connectivity index (χ1v) is 7.98. The first-order valence-electron chi connectivity index (χ1n) is 7.60. The fourth-order valence-electron chi connectivity index (χ4n) is 3.01. The molecule has 0 spiro atoms. The van der Waals surface area contributed by atoms with Gasteiger partial charge >= 0.3 is 6.18 Å². The maximum Gasteiger partial charge on any atom is 0.408 e. The van der Waals surface area contributed by atoms with Gasteiger partial charge in [-0.1, -0.05) is 30.9 Å². The number of hydrogen-bond donors (Lipinski definition) is 1. The predicted octanol–water partition coefficient (Wildman–Crippen LogP) is 4.19. The minimum absolute atomic E-state index is 0.0836. The van der Waals surface area contributed by atoms with Gasteiger partial charge in [0.15, 0.2) is 0 Å². The molecule has 9 heteroatoms. The molecule has 2 heterocycles. The van der Waals surface area contributed by atoms with Gasteiger partial charge in [0.05, 0.1) is 0 Å². The van der Waals surface area contributed by atoms with Gasteiger partial charge in [0.25, 0.3) is 5.78 Å². The fraction of sp³-hybridized carbons (Fsp3) is 0.643. The lowest BCUT2D eigenvalue weighted by molar-refractivity contribution is -0.138. The van der Waals surface area contributed by atoms with Gasteiger partial charge in [-0.05, 0) is 25.7 Å². The molecule has 1 atom stereocenters. The lowest BCUT2D eigenvalue weighted by atomic mass is 9.84. The van der Waals surface area contributed by atoms with Crippen molar-refractivity contribution in [3.05, 3.63) is 17.0 Å². The molecule has 1 saturated carbocycles. The molecule has 0 bridgehead atoms. The van der Waals surface area contributed by atoms with Gasteiger partial charge in [-0.15, -0.1) is 0 Å². The third-order valence-electron chi connectivity index (χ3n) is 4.27. The summed E-state index contributed by atoms with van der Waals surface area (Å²) >= 11 is 6.28. The van der Waals surface area contributed by atoms with Crippen molar-refractivity contribution in [3.8, 4) is 0 Å². The third kappa shape index (κ3) is 3.22. The van der Waals surface area contributed by atoms with E-state index in [1.54, 1.807) is 0 Å². The van der Waals surface area contributed by atoms with Crippen LogP contribution < -0.4 is 5.32 Å². The van der Waals surface area contributed by atoms with Gasteiger partial charge in [0.2, 0.25) is 0 Å². The Morgan fingerprint density at radius 2 is 2.00 bits per heavy atom. The van der Waals surface area contributed by atoms with Crippen molar-refractivity contribution in [3.63, 3.8) is 0 Å². The lowest BCUT2D eigenvalue weighted by Gasteiger charge is -2.27. The molecule has 1 aliphatic rings. The predicted molar refractivity (Wildman–Crippen MR) is 80.8 cm³/mol. The molecule has 0 amide bonds. The topological polar surface area (TPSA) is 55.1 Å². The monoisotopic (exact) mass is 347 g/mol. The Kier molecular flexibility index (Phi) is 4.35. The van der Waals surface area contributed by atoms with Gasteiger partial charge < -0.3 is 5.32 Å². The Bertz CT molecular complexity index is 694. The molecule has 3 rings (SSSR count). The fourth-order valence-corrected chi connectivity index (χ4v) is 3.33. The summed E-state index contributed by atoms with van der Waals surface area (Å²) in [6.45, 7) is 1.07. The van der Waals surface area contributed by atoms with Crippen LogP contribution in [0.3, 0.4) is 0 Å². The highest BCUT2D eigenvalue weighted by Gasteiger charge is 2.37. The summed E-state index contributed by atoms with van der Waals surface area (Å²) in [5, 5.41) is 6.74. The number of alkyl halides is 3. The zero-order valence-corrected chi connectivity index (χ0v) is 13.3. The average molecular weight is 348 g/mol. The molecule has 1 N–H and O–H groups in total. The van der Waals surface area contributed by atoms with Crippen LogP contribution in [0.1, 0.15) is 50.5 Å². The van der Waals surface area contributed by atoms with Crippen molar-refractivity contribution in [2.24, 2.45) is 0 Å². The van der Waals surface area contributed by atoms with Crippen LogP contribution in [-0.4, -0.2) is 31.8 Å². The number of nitrogens with zero attached hydrogens (tertiary/aromatic N) is 4. The molecule has 1 aliphatic carbocycles. The van der Waals surface area contributed by atoms with E-state index in [1.807, 2.05) is 0 Å². The number of rotatable bonds is 3. The van der Waals surface area contributed by atoms with Crippen molar-refractivity contribution in [1.29, 1.82) is 0 Å². The van der Waals surface area contributed by atoms with Crippen LogP contribution in [-0.2, 0) is 0 Å². The van der Waals surface area contributed by atoms with Gasteiger partial charge in [-0.2, -0.15) is 32.8 Å². The first kappa shape index (κ1) is 16.3. The largest absolute Gasteiger partial charge is 0.408 e. The second kappa shape index (κ2) is 6.14. The smallest absolute Gasteiger partial charge is 0.358 e. The highest BCUT2D eigenvalue weighted by molar-refractivity contribution is 6.30. The van der Waals surface area contributed by atoms with E-state index in [0.717, 1.165) is 39.0 Å². The van der Waals surface area contributed by atoms with E-state index in [1.165, 1.54) is 10.8 Å². The minimum Gasteiger partial charge on any atom is -0.358 e.